The summed E-state index contributed by atoms with van der Waals surface area (Å²) < 4.78 is 0. The fourth-order valence-corrected chi connectivity index (χ4v) is 4.08. The summed E-state index contributed by atoms with van der Waals surface area (Å²) in [7, 11) is 0. The van der Waals surface area contributed by atoms with E-state index in [-0.39, 0.29) is 0 Å². The number of nitrogens with one attached hydrogen (secondary N) is 2. The van der Waals surface area contributed by atoms with Gasteiger partial charge in [0.15, 0.2) is 0 Å². The minimum Gasteiger partial charge on any atom is -0.346 e. The molecule has 2 N–H and O–H groups in total. The first-order valence-electron chi connectivity index (χ1n) is 9.24. The zero-order valence-corrected chi connectivity index (χ0v) is 14.4. The van der Waals surface area contributed by atoms with E-state index in [1.807, 2.05) is 12.3 Å². The molecule has 2 aliphatic rings. The maximum atomic E-state index is 8.81. The van der Waals surface area contributed by atoms with Crippen molar-refractivity contribution >= 4 is 22.1 Å². The van der Waals surface area contributed by atoms with E-state index >= 15 is 0 Å². The fourth-order valence-electron chi connectivity index (χ4n) is 4.08. The lowest BCUT2D eigenvalue weighted by atomic mass is 9.94. The Balaban J connectivity index is 0.000000126. The molecule has 1 unspecified atom stereocenters. The molecular formula is C19H24N6. The van der Waals surface area contributed by atoms with Gasteiger partial charge in [0, 0.05) is 24.2 Å². The van der Waals surface area contributed by atoms with E-state index in [4.69, 9.17) is 5.26 Å². The van der Waals surface area contributed by atoms with Gasteiger partial charge in [-0.2, -0.15) is 5.26 Å². The van der Waals surface area contributed by atoms with Gasteiger partial charge in [-0.3, -0.25) is 4.90 Å². The molecule has 0 spiro atoms. The minimum atomic E-state index is 0.321. The number of hydrogen-bond donors (Lipinski definition) is 2. The summed E-state index contributed by atoms with van der Waals surface area (Å²) in [5.74, 6) is 0.321. The molecule has 1 aliphatic carbocycles. The Hall–Kier alpha value is -2.39. The Kier molecular flexibility index (Phi) is 4.66. The first-order valence-corrected chi connectivity index (χ1v) is 9.24. The van der Waals surface area contributed by atoms with Crippen LogP contribution in [0.4, 0.5) is 0 Å². The monoisotopic (exact) mass is 336 g/mol. The summed E-state index contributed by atoms with van der Waals surface area (Å²) in [5.41, 5.74) is 2.83. The smallest absolute Gasteiger partial charge is 0.139 e. The summed E-state index contributed by atoms with van der Waals surface area (Å²) in [6, 6.07) is 5.18. The van der Waals surface area contributed by atoms with E-state index in [1.54, 1.807) is 12.5 Å². The molecule has 3 aromatic heterocycles. The SMILES string of the molecule is N#CC1CCN(C2CCCCC2)C1.c1nc2c(cnc3[nH]ccc32)[nH]1. The lowest BCUT2D eigenvalue weighted by Crippen LogP contribution is -2.34. The number of H-pyrrole nitrogens is 2. The fraction of sp³-hybridized carbons (Fsp3) is 0.526. The van der Waals surface area contributed by atoms with Crippen LogP contribution in [0.5, 0.6) is 0 Å². The van der Waals surface area contributed by atoms with Gasteiger partial charge in [0.05, 0.1) is 30.0 Å². The molecule has 0 radical (unpaired) electrons. The number of rotatable bonds is 1. The standard InChI is InChI=1S/C11H18N2.C8H6N4/c12-8-10-6-7-13(9-10)11-4-2-1-3-5-11;1-2-9-8-5(1)7-6(3-10-8)11-4-12-7/h10-11H,1-7,9H2;1-4H,(H,9,10)(H,11,12). The number of imidazole rings is 1. The van der Waals surface area contributed by atoms with Crippen molar-refractivity contribution in [3.05, 3.63) is 24.8 Å². The van der Waals surface area contributed by atoms with Crippen molar-refractivity contribution in [2.75, 3.05) is 13.1 Å². The topological polar surface area (TPSA) is 84.4 Å². The van der Waals surface area contributed by atoms with Crippen LogP contribution < -0.4 is 0 Å². The number of aromatic amines is 2. The van der Waals surface area contributed by atoms with Crippen LogP contribution >= 0.6 is 0 Å². The van der Waals surface area contributed by atoms with Gasteiger partial charge >= 0.3 is 0 Å². The van der Waals surface area contributed by atoms with Crippen molar-refractivity contribution < 1.29 is 0 Å². The molecule has 3 aromatic rings. The molecule has 0 amide bonds. The summed E-state index contributed by atoms with van der Waals surface area (Å²) in [5, 5.41) is 9.87. The van der Waals surface area contributed by atoms with Crippen LogP contribution in [0.25, 0.3) is 22.1 Å². The highest BCUT2D eigenvalue weighted by Crippen LogP contribution is 2.27. The molecule has 130 valence electrons. The van der Waals surface area contributed by atoms with Gasteiger partial charge in [-0.1, -0.05) is 19.3 Å². The van der Waals surface area contributed by atoms with Crippen LogP contribution in [0.3, 0.4) is 0 Å². The van der Waals surface area contributed by atoms with Crippen LogP contribution in [0.1, 0.15) is 38.5 Å². The number of nitriles is 1. The summed E-state index contributed by atoms with van der Waals surface area (Å²) in [6.45, 7) is 2.21. The predicted molar refractivity (Wildman–Crippen MR) is 97.9 cm³/mol. The maximum absolute atomic E-state index is 8.81. The van der Waals surface area contributed by atoms with Gasteiger partial charge in [0.2, 0.25) is 0 Å². The number of fused-ring (bicyclic) bond motifs is 3. The average Bonchev–Trinajstić information content (AvgIpc) is 3.41. The van der Waals surface area contributed by atoms with Crippen molar-refractivity contribution in [3.8, 4) is 6.07 Å². The second-order valence-corrected chi connectivity index (χ2v) is 7.06. The third-order valence-electron chi connectivity index (χ3n) is 5.47. The number of nitrogens with zero attached hydrogens (tertiary/aromatic N) is 4. The van der Waals surface area contributed by atoms with E-state index in [2.05, 4.69) is 30.9 Å². The van der Waals surface area contributed by atoms with Crippen molar-refractivity contribution in [3.63, 3.8) is 0 Å². The molecule has 6 nitrogen and oxygen atoms in total. The highest BCUT2D eigenvalue weighted by atomic mass is 15.2. The Bertz CT molecular complexity index is 817. The van der Waals surface area contributed by atoms with Crippen LogP contribution in [0.15, 0.2) is 24.8 Å². The van der Waals surface area contributed by atoms with Gasteiger partial charge in [0.1, 0.15) is 11.2 Å². The third-order valence-corrected chi connectivity index (χ3v) is 5.47. The number of pyridine rings is 1. The van der Waals surface area contributed by atoms with Crippen molar-refractivity contribution in [2.24, 2.45) is 5.92 Å². The Morgan fingerprint density at radius 2 is 2.00 bits per heavy atom. The molecule has 4 heterocycles. The molecule has 5 rings (SSSR count). The molecule has 6 heteroatoms. The molecule has 1 saturated heterocycles. The second-order valence-electron chi connectivity index (χ2n) is 7.06. The molecule has 1 atom stereocenters. The lowest BCUT2D eigenvalue weighted by Gasteiger charge is -2.30. The van der Waals surface area contributed by atoms with Gasteiger partial charge in [-0.15, -0.1) is 0 Å². The van der Waals surface area contributed by atoms with Crippen LogP contribution in [0, 0.1) is 17.2 Å². The van der Waals surface area contributed by atoms with Gasteiger partial charge in [-0.05, 0) is 31.9 Å². The maximum Gasteiger partial charge on any atom is 0.139 e. The zero-order valence-electron chi connectivity index (χ0n) is 14.4. The Labute approximate surface area is 147 Å². The van der Waals surface area contributed by atoms with E-state index in [1.165, 1.54) is 38.6 Å². The molecule has 25 heavy (non-hydrogen) atoms. The predicted octanol–water partition coefficient (Wildman–Crippen LogP) is 3.60. The molecular weight excluding hydrogens is 312 g/mol. The minimum absolute atomic E-state index is 0.321. The summed E-state index contributed by atoms with van der Waals surface area (Å²) in [4.78, 5) is 17.0. The van der Waals surface area contributed by atoms with Gasteiger partial charge < -0.3 is 9.97 Å². The first-order chi connectivity index (χ1) is 12.3. The average molecular weight is 336 g/mol. The van der Waals surface area contributed by atoms with E-state index in [9.17, 15) is 0 Å². The van der Waals surface area contributed by atoms with E-state index < -0.39 is 0 Å². The zero-order chi connectivity index (χ0) is 17.1. The second kappa shape index (κ2) is 7.24. The number of hydrogen-bond acceptors (Lipinski definition) is 4. The van der Waals surface area contributed by atoms with Crippen LogP contribution in [0.2, 0.25) is 0 Å². The Morgan fingerprint density at radius 3 is 2.80 bits per heavy atom. The van der Waals surface area contributed by atoms with Crippen LogP contribution in [-0.4, -0.2) is 44.0 Å². The van der Waals surface area contributed by atoms with E-state index in [0.717, 1.165) is 41.1 Å². The highest BCUT2D eigenvalue weighted by Gasteiger charge is 2.28. The number of aromatic nitrogens is 4. The lowest BCUT2D eigenvalue weighted by molar-refractivity contribution is 0.188. The van der Waals surface area contributed by atoms with Crippen molar-refractivity contribution in [2.45, 2.75) is 44.6 Å². The quantitative estimate of drug-likeness (QED) is 0.711. The summed E-state index contributed by atoms with van der Waals surface area (Å²) in [6.07, 6.45) is 13.4. The normalized spacial score (nSPS) is 22.0. The molecule has 1 aliphatic heterocycles. The molecule has 2 fully saturated rings. The van der Waals surface area contributed by atoms with E-state index in [0.29, 0.717) is 5.92 Å². The largest absolute Gasteiger partial charge is 0.346 e. The highest BCUT2D eigenvalue weighted by molar-refractivity contribution is 6.00. The Morgan fingerprint density at radius 1 is 1.12 bits per heavy atom. The van der Waals surface area contributed by atoms with Crippen molar-refractivity contribution in [1.82, 2.24) is 24.8 Å². The third kappa shape index (κ3) is 3.38. The molecule has 0 aromatic carbocycles. The van der Waals surface area contributed by atoms with Crippen LogP contribution in [-0.2, 0) is 0 Å². The summed E-state index contributed by atoms with van der Waals surface area (Å²) >= 11 is 0. The molecule has 1 saturated carbocycles. The molecule has 0 bridgehead atoms. The van der Waals surface area contributed by atoms with Gasteiger partial charge in [-0.25, -0.2) is 9.97 Å². The van der Waals surface area contributed by atoms with Crippen molar-refractivity contribution in [1.29, 1.82) is 5.26 Å². The first kappa shape index (κ1) is 16.1. The number of likely N-dealkylation sites (tertiary alicyclic amines) is 1. The van der Waals surface area contributed by atoms with Gasteiger partial charge in [0.25, 0.3) is 0 Å².